The Morgan fingerprint density at radius 3 is 2.31 bits per heavy atom. The minimum absolute atomic E-state index is 0.0122. The molecule has 0 spiro atoms. The van der Waals surface area contributed by atoms with Crippen LogP contribution in [0.25, 0.3) is 10.4 Å². The fourth-order valence-corrected chi connectivity index (χ4v) is 4.20. The van der Waals surface area contributed by atoms with E-state index in [1.165, 1.54) is 10.4 Å². The molecule has 2 heterocycles. The third-order valence-corrected chi connectivity index (χ3v) is 6.10. The van der Waals surface area contributed by atoms with Gasteiger partial charge in [0.25, 0.3) is 0 Å². The predicted molar refractivity (Wildman–Crippen MR) is 143 cm³/mol. The van der Waals surface area contributed by atoms with Crippen LogP contribution in [0.5, 0.6) is 0 Å². The van der Waals surface area contributed by atoms with Gasteiger partial charge in [-0.3, -0.25) is 14.4 Å². The largest absolute Gasteiger partial charge is 0.355 e. The monoisotopic (exact) mass is 503 g/mol. The standard InChI is InChI=1S/C12H12N2OS.C10H19N3O2.C4H10/c1-9-12(16-8-14-9)11-4-2-10(3-5-11)6-13-7-15;1-7-4-3-5-13(7)10(15)8(2)12-9(14)6-11;1-4(2)3/h2-5,7-8H,6H2,1H3,(H,13,15);7-8H,3-6,11H2,1-2H3,(H,12,14);4H,1-3H3. The molecule has 35 heavy (non-hydrogen) atoms. The molecule has 194 valence electrons. The number of benzene rings is 1. The van der Waals surface area contributed by atoms with Crippen LogP contribution in [-0.4, -0.2) is 53.3 Å². The van der Waals surface area contributed by atoms with Crippen LogP contribution >= 0.6 is 11.3 Å². The van der Waals surface area contributed by atoms with Crippen LogP contribution in [0.3, 0.4) is 0 Å². The molecule has 0 bridgehead atoms. The number of thiazole rings is 1. The highest BCUT2D eigenvalue weighted by atomic mass is 32.1. The highest BCUT2D eigenvalue weighted by Crippen LogP contribution is 2.27. The topological polar surface area (TPSA) is 117 Å². The first-order valence-corrected chi connectivity index (χ1v) is 12.9. The molecule has 3 rings (SSSR count). The van der Waals surface area contributed by atoms with Gasteiger partial charge in [-0.05, 0) is 50.7 Å². The number of carbonyl (C=O) groups is 3. The van der Waals surface area contributed by atoms with Gasteiger partial charge in [0.2, 0.25) is 18.2 Å². The molecule has 0 radical (unpaired) electrons. The SMILES string of the molecule is CC(C)C.CC(NC(=O)CN)C(=O)N1CCCC1C.Cc1ncsc1-c1ccc(CNC=O)cc1. The van der Waals surface area contributed by atoms with Crippen LogP contribution in [0.4, 0.5) is 0 Å². The number of hydrogen-bond donors (Lipinski definition) is 3. The molecule has 1 saturated heterocycles. The van der Waals surface area contributed by atoms with E-state index in [0.29, 0.717) is 13.0 Å². The summed E-state index contributed by atoms with van der Waals surface area (Å²) in [6.45, 7) is 13.5. The molecule has 0 saturated carbocycles. The third-order valence-electron chi connectivity index (χ3n) is 5.12. The fraction of sp³-hybridized carbons (Fsp3) is 0.538. The van der Waals surface area contributed by atoms with Crippen molar-refractivity contribution in [1.29, 1.82) is 0 Å². The second-order valence-corrected chi connectivity index (χ2v) is 10.1. The summed E-state index contributed by atoms with van der Waals surface area (Å²) >= 11 is 1.64. The number of carbonyl (C=O) groups excluding carboxylic acids is 3. The van der Waals surface area contributed by atoms with E-state index in [2.05, 4.69) is 48.5 Å². The van der Waals surface area contributed by atoms with Gasteiger partial charge in [-0.2, -0.15) is 0 Å². The zero-order valence-electron chi connectivity index (χ0n) is 21.8. The van der Waals surface area contributed by atoms with E-state index in [-0.39, 0.29) is 24.4 Å². The van der Waals surface area contributed by atoms with Crippen LogP contribution in [0.15, 0.2) is 29.8 Å². The van der Waals surface area contributed by atoms with Gasteiger partial charge in [-0.25, -0.2) is 4.98 Å². The number of amides is 3. The summed E-state index contributed by atoms with van der Waals surface area (Å²) in [4.78, 5) is 40.3. The van der Waals surface area contributed by atoms with E-state index in [4.69, 9.17) is 5.73 Å². The predicted octanol–water partition coefficient (Wildman–Crippen LogP) is 3.49. The number of nitrogens with two attached hydrogens (primary N) is 1. The van der Waals surface area contributed by atoms with E-state index < -0.39 is 6.04 Å². The highest BCUT2D eigenvalue weighted by Gasteiger charge is 2.28. The number of nitrogens with one attached hydrogen (secondary N) is 2. The van der Waals surface area contributed by atoms with Crippen molar-refractivity contribution in [1.82, 2.24) is 20.5 Å². The summed E-state index contributed by atoms with van der Waals surface area (Å²) in [7, 11) is 0. The van der Waals surface area contributed by atoms with Gasteiger partial charge in [0.05, 0.1) is 22.6 Å². The normalized spacial score (nSPS) is 15.3. The zero-order valence-corrected chi connectivity index (χ0v) is 22.7. The Labute approximate surface area is 213 Å². The number of nitrogens with zero attached hydrogens (tertiary/aromatic N) is 2. The van der Waals surface area contributed by atoms with Gasteiger partial charge in [-0.15, -0.1) is 11.3 Å². The minimum Gasteiger partial charge on any atom is -0.355 e. The maximum Gasteiger partial charge on any atom is 0.245 e. The van der Waals surface area contributed by atoms with Crippen LogP contribution in [0.1, 0.15) is 58.7 Å². The molecular formula is C26H41N5O3S. The summed E-state index contributed by atoms with van der Waals surface area (Å²) in [5.41, 5.74) is 10.3. The highest BCUT2D eigenvalue weighted by molar-refractivity contribution is 7.13. The Morgan fingerprint density at radius 2 is 1.86 bits per heavy atom. The second kappa shape index (κ2) is 16.0. The maximum atomic E-state index is 11.9. The Hall–Kier alpha value is -2.78. The van der Waals surface area contributed by atoms with Crippen LogP contribution in [0, 0.1) is 12.8 Å². The van der Waals surface area contributed by atoms with E-state index in [9.17, 15) is 14.4 Å². The van der Waals surface area contributed by atoms with Crippen LogP contribution in [-0.2, 0) is 20.9 Å². The fourth-order valence-electron chi connectivity index (χ4n) is 3.38. The summed E-state index contributed by atoms with van der Waals surface area (Å²) in [6.07, 6.45) is 2.80. The Balaban J connectivity index is 0.000000305. The molecule has 1 aromatic carbocycles. The molecule has 3 amide bonds. The van der Waals surface area contributed by atoms with Gasteiger partial charge in [0.1, 0.15) is 6.04 Å². The summed E-state index contributed by atoms with van der Waals surface area (Å²) in [5.74, 6) is 0.532. The first kappa shape index (κ1) is 30.3. The number of likely N-dealkylation sites (tertiary alicyclic amines) is 1. The number of aryl methyl sites for hydroxylation is 1. The average Bonchev–Trinajstić information content (AvgIpc) is 3.45. The third kappa shape index (κ3) is 11.0. The number of aromatic nitrogens is 1. The maximum absolute atomic E-state index is 11.9. The first-order chi connectivity index (χ1) is 16.6. The second-order valence-electron chi connectivity index (χ2n) is 9.21. The summed E-state index contributed by atoms with van der Waals surface area (Å²) in [5, 5.41) is 5.21. The van der Waals surface area contributed by atoms with Crippen molar-refractivity contribution in [3.63, 3.8) is 0 Å². The molecule has 2 unspecified atom stereocenters. The Bertz CT molecular complexity index is 911. The minimum atomic E-state index is -0.471. The Morgan fingerprint density at radius 1 is 1.23 bits per heavy atom. The molecule has 2 aromatic rings. The smallest absolute Gasteiger partial charge is 0.245 e. The zero-order chi connectivity index (χ0) is 26.4. The van der Waals surface area contributed by atoms with Crippen molar-refractivity contribution in [2.75, 3.05) is 13.1 Å². The van der Waals surface area contributed by atoms with E-state index >= 15 is 0 Å². The first-order valence-electron chi connectivity index (χ1n) is 12.1. The lowest BCUT2D eigenvalue weighted by molar-refractivity contribution is -0.136. The molecule has 4 N–H and O–H groups in total. The molecule has 8 nitrogen and oxygen atoms in total. The molecular weight excluding hydrogens is 462 g/mol. The van der Waals surface area contributed by atoms with Gasteiger partial charge < -0.3 is 21.3 Å². The van der Waals surface area contributed by atoms with Crippen LogP contribution in [0.2, 0.25) is 0 Å². The molecule has 9 heteroatoms. The van der Waals surface area contributed by atoms with Crippen molar-refractivity contribution >= 4 is 29.6 Å². The van der Waals surface area contributed by atoms with Crippen molar-refractivity contribution < 1.29 is 14.4 Å². The van der Waals surface area contributed by atoms with Gasteiger partial charge >= 0.3 is 0 Å². The van der Waals surface area contributed by atoms with Gasteiger partial charge in [0.15, 0.2) is 0 Å². The van der Waals surface area contributed by atoms with Crippen molar-refractivity contribution in [2.45, 2.75) is 73.0 Å². The van der Waals surface area contributed by atoms with E-state index in [1.54, 1.807) is 18.3 Å². The molecule has 2 atom stereocenters. The average molecular weight is 504 g/mol. The van der Waals surface area contributed by atoms with Crippen molar-refractivity contribution in [3.05, 3.63) is 41.0 Å². The lowest BCUT2D eigenvalue weighted by Gasteiger charge is -2.25. The van der Waals surface area contributed by atoms with E-state index in [1.807, 2.05) is 36.4 Å². The van der Waals surface area contributed by atoms with Gasteiger partial charge in [-0.1, -0.05) is 45.0 Å². The molecule has 1 aromatic heterocycles. The molecule has 1 aliphatic heterocycles. The summed E-state index contributed by atoms with van der Waals surface area (Å²) < 4.78 is 0. The summed E-state index contributed by atoms with van der Waals surface area (Å²) in [6, 6.07) is 7.97. The van der Waals surface area contributed by atoms with Crippen molar-refractivity contribution in [2.24, 2.45) is 11.7 Å². The lowest BCUT2D eigenvalue weighted by atomic mass is 10.1. The van der Waals surface area contributed by atoms with Gasteiger partial charge in [0, 0.05) is 19.1 Å². The molecule has 1 fully saturated rings. The molecule has 1 aliphatic rings. The van der Waals surface area contributed by atoms with Crippen LogP contribution < -0.4 is 16.4 Å². The quantitative estimate of drug-likeness (QED) is 0.500. The van der Waals surface area contributed by atoms with E-state index in [0.717, 1.165) is 36.6 Å². The molecule has 0 aliphatic carbocycles. The lowest BCUT2D eigenvalue weighted by Crippen LogP contribution is -2.49. The number of rotatable bonds is 7. The number of hydrogen-bond acceptors (Lipinski definition) is 6. The Kier molecular flexibility index (Phi) is 13.8. The van der Waals surface area contributed by atoms with Crippen molar-refractivity contribution in [3.8, 4) is 10.4 Å².